The van der Waals surface area contributed by atoms with E-state index in [2.05, 4.69) is 21.2 Å². The highest BCUT2D eigenvalue weighted by atomic mass is 79.9. The van der Waals surface area contributed by atoms with Crippen LogP contribution in [0.5, 0.6) is 0 Å². The predicted molar refractivity (Wildman–Crippen MR) is 75.9 cm³/mol. The van der Waals surface area contributed by atoms with Crippen LogP contribution in [0.4, 0.5) is 0 Å². The quantitative estimate of drug-likeness (QED) is 0.842. The molecule has 6 heteroatoms. The third-order valence-corrected chi connectivity index (χ3v) is 2.81. The first-order valence-corrected chi connectivity index (χ1v) is 6.42. The zero-order chi connectivity index (χ0) is 14.5. The lowest BCUT2D eigenvalue weighted by Crippen LogP contribution is -2.26. The number of carbonyl (C=O) groups excluding carboxylic acids is 1. The highest BCUT2D eigenvalue weighted by Crippen LogP contribution is 2.14. The number of carboxylic acids is 1. The molecule has 1 aromatic carbocycles. The lowest BCUT2D eigenvalue weighted by atomic mass is 10.2. The Hall–Kier alpha value is -2.34. The minimum Gasteiger partial charge on any atom is -0.477 e. The fraction of sp³-hybridized carbons (Fsp3) is 0. The van der Waals surface area contributed by atoms with Crippen molar-refractivity contribution >= 4 is 33.9 Å². The Morgan fingerprint density at radius 1 is 1.15 bits per heavy atom. The molecule has 2 aromatic rings. The molecule has 20 heavy (non-hydrogen) atoms. The number of halogens is 1. The summed E-state index contributed by atoms with van der Waals surface area (Å²) in [6, 6.07) is 11.8. The molecular weight excluding hydrogens is 326 g/mol. The Balaban J connectivity index is 2.20. The van der Waals surface area contributed by atoms with Crippen LogP contribution in [0.2, 0.25) is 0 Å². The van der Waals surface area contributed by atoms with Crippen molar-refractivity contribution in [3.8, 4) is 0 Å². The first-order valence-electron chi connectivity index (χ1n) is 5.63. The molecule has 0 saturated heterocycles. The van der Waals surface area contributed by atoms with Crippen molar-refractivity contribution in [1.29, 1.82) is 0 Å². The average molecular weight is 336 g/mol. The van der Waals surface area contributed by atoms with Crippen LogP contribution in [0.1, 0.15) is 16.1 Å². The van der Waals surface area contributed by atoms with Crippen molar-refractivity contribution in [1.82, 2.24) is 5.32 Å². The molecule has 1 amide bonds. The Kier molecular flexibility index (Phi) is 4.37. The van der Waals surface area contributed by atoms with Gasteiger partial charge in [0.1, 0.15) is 5.70 Å². The highest BCUT2D eigenvalue weighted by molar-refractivity contribution is 9.10. The van der Waals surface area contributed by atoms with E-state index in [-0.39, 0.29) is 11.5 Å². The van der Waals surface area contributed by atoms with Crippen molar-refractivity contribution in [3.05, 3.63) is 64.2 Å². The summed E-state index contributed by atoms with van der Waals surface area (Å²) in [5, 5.41) is 11.4. The van der Waals surface area contributed by atoms with Crippen LogP contribution < -0.4 is 5.32 Å². The number of hydrogen-bond acceptors (Lipinski definition) is 3. The molecule has 0 aliphatic heterocycles. The van der Waals surface area contributed by atoms with Gasteiger partial charge < -0.3 is 14.8 Å². The molecule has 0 unspecified atom stereocenters. The molecule has 0 aliphatic carbocycles. The van der Waals surface area contributed by atoms with Gasteiger partial charge in [-0.3, -0.25) is 4.79 Å². The fourth-order valence-electron chi connectivity index (χ4n) is 1.49. The van der Waals surface area contributed by atoms with E-state index in [9.17, 15) is 9.59 Å². The molecule has 0 saturated carbocycles. The van der Waals surface area contributed by atoms with Crippen molar-refractivity contribution in [2.24, 2.45) is 0 Å². The maximum absolute atomic E-state index is 11.8. The lowest BCUT2D eigenvalue weighted by Gasteiger charge is -2.04. The van der Waals surface area contributed by atoms with E-state index < -0.39 is 11.9 Å². The van der Waals surface area contributed by atoms with Gasteiger partial charge in [0.05, 0.1) is 0 Å². The van der Waals surface area contributed by atoms with E-state index in [0.717, 1.165) is 0 Å². The van der Waals surface area contributed by atoms with Gasteiger partial charge in [-0.2, -0.15) is 0 Å². The van der Waals surface area contributed by atoms with Crippen LogP contribution in [-0.2, 0) is 4.79 Å². The standard InChI is InChI=1S/C14H10BrNO4/c15-12-7-6-11(20-12)13(17)16-10(14(18)19)8-9-4-2-1-3-5-9/h1-8H,(H,16,17)(H,18,19)/b10-8-. The summed E-state index contributed by atoms with van der Waals surface area (Å²) in [6.07, 6.45) is 1.37. The number of benzene rings is 1. The Bertz CT molecular complexity index is 661. The summed E-state index contributed by atoms with van der Waals surface area (Å²) in [5.41, 5.74) is 0.444. The molecule has 1 aromatic heterocycles. The molecule has 0 radical (unpaired) electrons. The molecular formula is C14H10BrNO4. The number of rotatable bonds is 4. The van der Waals surface area contributed by atoms with Gasteiger partial charge in [0.25, 0.3) is 5.91 Å². The Labute approximate surface area is 123 Å². The second kappa shape index (κ2) is 6.21. The second-order valence-corrected chi connectivity index (χ2v) is 4.61. The van der Waals surface area contributed by atoms with Crippen LogP contribution in [-0.4, -0.2) is 17.0 Å². The smallest absolute Gasteiger partial charge is 0.352 e. The Morgan fingerprint density at radius 2 is 1.85 bits per heavy atom. The van der Waals surface area contributed by atoms with Gasteiger partial charge in [0.15, 0.2) is 10.4 Å². The van der Waals surface area contributed by atoms with Gasteiger partial charge in [-0.05, 0) is 39.7 Å². The van der Waals surface area contributed by atoms with Gasteiger partial charge in [-0.25, -0.2) is 4.79 Å². The highest BCUT2D eigenvalue weighted by Gasteiger charge is 2.16. The van der Waals surface area contributed by atoms with Gasteiger partial charge in [0.2, 0.25) is 0 Å². The molecule has 0 spiro atoms. The summed E-state index contributed by atoms with van der Waals surface area (Å²) >= 11 is 3.07. The summed E-state index contributed by atoms with van der Waals surface area (Å²) in [6.45, 7) is 0. The van der Waals surface area contributed by atoms with Crippen LogP contribution in [0.15, 0.2) is 57.2 Å². The molecule has 0 bridgehead atoms. The fourth-order valence-corrected chi connectivity index (χ4v) is 1.79. The van der Waals surface area contributed by atoms with Gasteiger partial charge in [-0.15, -0.1) is 0 Å². The van der Waals surface area contributed by atoms with Crippen molar-refractivity contribution in [2.45, 2.75) is 0 Å². The molecule has 2 rings (SSSR count). The average Bonchev–Trinajstić information content (AvgIpc) is 2.86. The number of amides is 1. The van der Waals surface area contributed by atoms with Gasteiger partial charge in [-0.1, -0.05) is 30.3 Å². The maximum atomic E-state index is 11.8. The second-order valence-electron chi connectivity index (χ2n) is 3.83. The number of carboxylic acid groups (broad SMARTS) is 1. The summed E-state index contributed by atoms with van der Waals surface area (Å²) < 4.78 is 5.46. The van der Waals surface area contributed by atoms with Gasteiger partial charge >= 0.3 is 5.97 Å². The number of aliphatic carboxylic acids is 1. The molecule has 0 aliphatic rings. The predicted octanol–water partition coefficient (Wildman–Crippen LogP) is 2.90. The van der Waals surface area contributed by atoms with E-state index in [1.54, 1.807) is 30.3 Å². The third-order valence-electron chi connectivity index (χ3n) is 2.39. The topological polar surface area (TPSA) is 79.5 Å². The summed E-state index contributed by atoms with van der Waals surface area (Å²) in [4.78, 5) is 23.0. The van der Waals surface area contributed by atoms with Crippen molar-refractivity contribution in [3.63, 3.8) is 0 Å². The Morgan fingerprint density at radius 3 is 2.40 bits per heavy atom. The van der Waals surface area contributed by atoms with Crippen LogP contribution in [0.3, 0.4) is 0 Å². The van der Waals surface area contributed by atoms with Crippen molar-refractivity contribution in [2.75, 3.05) is 0 Å². The zero-order valence-corrected chi connectivity index (χ0v) is 11.8. The van der Waals surface area contributed by atoms with E-state index in [4.69, 9.17) is 9.52 Å². The largest absolute Gasteiger partial charge is 0.477 e. The van der Waals surface area contributed by atoms with E-state index in [0.29, 0.717) is 10.2 Å². The normalized spacial score (nSPS) is 11.2. The number of carbonyl (C=O) groups is 2. The minimum atomic E-state index is -1.23. The maximum Gasteiger partial charge on any atom is 0.352 e. The van der Waals surface area contributed by atoms with Crippen LogP contribution >= 0.6 is 15.9 Å². The van der Waals surface area contributed by atoms with E-state index >= 15 is 0 Å². The first kappa shape index (κ1) is 14.1. The van der Waals surface area contributed by atoms with E-state index in [1.165, 1.54) is 12.1 Å². The number of hydrogen-bond donors (Lipinski definition) is 2. The van der Waals surface area contributed by atoms with E-state index in [1.807, 2.05) is 6.07 Å². The monoisotopic (exact) mass is 335 g/mol. The summed E-state index contributed by atoms with van der Waals surface area (Å²) in [5.74, 6) is -1.83. The first-order chi connectivity index (χ1) is 9.56. The van der Waals surface area contributed by atoms with Crippen molar-refractivity contribution < 1.29 is 19.1 Å². The molecule has 0 fully saturated rings. The molecule has 2 N–H and O–H groups in total. The summed E-state index contributed by atoms with van der Waals surface area (Å²) in [7, 11) is 0. The number of nitrogens with one attached hydrogen (secondary N) is 1. The lowest BCUT2D eigenvalue weighted by molar-refractivity contribution is -0.132. The molecule has 0 atom stereocenters. The zero-order valence-electron chi connectivity index (χ0n) is 10.2. The molecule has 102 valence electrons. The third kappa shape index (κ3) is 3.58. The molecule has 1 heterocycles. The number of furan rings is 1. The van der Waals surface area contributed by atoms with Crippen LogP contribution in [0.25, 0.3) is 6.08 Å². The minimum absolute atomic E-state index is 0.0251. The van der Waals surface area contributed by atoms with Crippen LogP contribution in [0, 0.1) is 0 Å². The molecule has 5 nitrogen and oxygen atoms in total. The SMILES string of the molecule is O=C(O)/C(=C/c1ccccc1)NC(=O)c1ccc(Br)o1. The van der Waals surface area contributed by atoms with Gasteiger partial charge in [0, 0.05) is 0 Å².